The molecule has 0 fully saturated rings. The Morgan fingerprint density at radius 2 is 2.22 bits per heavy atom. The lowest BCUT2D eigenvalue weighted by Gasteiger charge is -2.21. The van der Waals surface area contributed by atoms with Crippen LogP contribution in [0.2, 0.25) is 0 Å². The molecule has 18 heavy (non-hydrogen) atoms. The third-order valence-corrected chi connectivity index (χ3v) is 3.93. The van der Waals surface area contributed by atoms with Crippen molar-refractivity contribution >= 4 is 22.0 Å². The highest BCUT2D eigenvalue weighted by Gasteiger charge is 2.32. The van der Waals surface area contributed by atoms with Crippen LogP contribution >= 0.6 is 11.3 Å². The maximum absolute atomic E-state index is 13.1. The van der Waals surface area contributed by atoms with Gasteiger partial charge in [-0.15, -0.1) is 11.3 Å². The third-order valence-electron chi connectivity index (χ3n) is 3.02. The summed E-state index contributed by atoms with van der Waals surface area (Å²) in [6.45, 7) is 4.26. The zero-order valence-electron chi connectivity index (χ0n) is 10.7. The summed E-state index contributed by atoms with van der Waals surface area (Å²) in [7, 11) is 0. The monoisotopic (exact) mass is 272 g/mol. The molecule has 1 heterocycles. The first kappa shape index (κ1) is 13.5. The number of hydrogen-bond donors (Lipinski definition) is 1. The van der Waals surface area contributed by atoms with Crippen molar-refractivity contribution in [1.82, 2.24) is 4.98 Å². The first-order valence-corrected chi connectivity index (χ1v) is 7.01. The normalized spacial score (nSPS) is 19.1. The number of nitrogens with zero attached hydrogens (tertiary/aromatic N) is 1. The Morgan fingerprint density at radius 3 is 2.78 bits per heavy atom. The smallest absolute Gasteiger partial charge is 0.251 e. The Balaban J connectivity index is 2.26. The number of allylic oxidation sites excluding steroid dienone is 2. The molecular weight excluding hydrogens is 254 g/mol. The van der Waals surface area contributed by atoms with Gasteiger partial charge in [-0.2, -0.15) is 0 Å². The van der Waals surface area contributed by atoms with Gasteiger partial charge in [0.25, 0.3) is 5.92 Å². The summed E-state index contributed by atoms with van der Waals surface area (Å²) in [5.74, 6) is -2.04. The number of hydrogen-bond acceptors (Lipinski definition) is 3. The molecule has 0 amide bonds. The van der Waals surface area contributed by atoms with Gasteiger partial charge in [0.1, 0.15) is 0 Å². The molecule has 0 atom stereocenters. The number of halogens is 2. The predicted octanol–water partition coefficient (Wildman–Crippen LogP) is 4.13. The lowest BCUT2D eigenvalue weighted by molar-refractivity contribution is -0.00605. The second kappa shape index (κ2) is 4.96. The molecule has 0 aromatic carbocycles. The number of alkyl halides is 2. The minimum atomic E-state index is -2.55. The summed E-state index contributed by atoms with van der Waals surface area (Å²) in [5.41, 5.74) is 7.53. The Kier molecular flexibility index (Phi) is 3.71. The number of nitrogen functional groups attached to an aromatic ring is 1. The van der Waals surface area contributed by atoms with Gasteiger partial charge in [-0.05, 0) is 24.3 Å². The summed E-state index contributed by atoms with van der Waals surface area (Å²) in [4.78, 5) is 5.44. The van der Waals surface area contributed by atoms with E-state index in [2.05, 4.69) is 18.8 Å². The molecule has 0 bridgehead atoms. The van der Waals surface area contributed by atoms with Gasteiger partial charge >= 0.3 is 0 Å². The molecule has 0 radical (unpaired) electrons. The molecule has 2 rings (SSSR count). The predicted molar refractivity (Wildman–Crippen MR) is 71.8 cm³/mol. The highest BCUT2D eigenvalue weighted by atomic mass is 32.1. The van der Waals surface area contributed by atoms with Gasteiger partial charge in [-0.1, -0.05) is 19.9 Å². The van der Waals surface area contributed by atoms with Crippen molar-refractivity contribution in [3.8, 4) is 0 Å². The topological polar surface area (TPSA) is 38.9 Å². The first-order valence-electron chi connectivity index (χ1n) is 6.20. The van der Waals surface area contributed by atoms with Gasteiger partial charge in [0, 0.05) is 17.7 Å². The fourth-order valence-corrected chi connectivity index (χ4v) is 3.22. The van der Waals surface area contributed by atoms with Crippen molar-refractivity contribution in [2.75, 3.05) is 5.73 Å². The molecule has 1 aromatic rings. The minimum absolute atomic E-state index is 0.0859. The molecule has 100 valence electrons. The van der Waals surface area contributed by atoms with E-state index in [0.717, 1.165) is 22.6 Å². The molecule has 0 aliphatic heterocycles. The second-order valence-corrected chi connectivity index (χ2v) is 6.33. The fourth-order valence-electron chi connectivity index (χ4n) is 2.14. The minimum Gasteiger partial charge on any atom is -0.375 e. The average Bonchev–Trinajstić information content (AvgIpc) is 2.58. The van der Waals surface area contributed by atoms with Crippen molar-refractivity contribution in [3.63, 3.8) is 0 Å². The molecule has 0 spiro atoms. The van der Waals surface area contributed by atoms with E-state index >= 15 is 0 Å². The van der Waals surface area contributed by atoms with E-state index in [1.54, 1.807) is 6.08 Å². The fraction of sp³-hybridized carbons (Fsp3) is 0.615. The first-order chi connectivity index (χ1) is 8.37. The van der Waals surface area contributed by atoms with Gasteiger partial charge in [0.2, 0.25) is 0 Å². The van der Waals surface area contributed by atoms with Crippen LogP contribution in [0, 0.1) is 5.92 Å². The lowest BCUT2D eigenvalue weighted by Crippen LogP contribution is -2.18. The summed E-state index contributed by atoms with van der Waals surface area (Å²) in [6.07, 6.45) is 2.65. The quantitative estimate of drug-likeness (QED) is 0.898. The van der Waals surface area contributed by atoms with Crippen LogP contribution in [0.3, 0.4) is 0 Å². The highest BCUT2D eigenvalue weighted by molar-refractivity contribution is 7.15. The largest absolute Gasteiger partial charge is 0.375 e. The second-order valence-electron chi connectivity index (χ2n) is 5.21. The van der Waals surface area contributed by atoms with Crippen molar-refractivity contribution in [2.24, 2.45) is 5.92 Å². The Labute approximate surface area is 110 Å². The van der Waals surface area contributed by atoms with Crippen molar-refractivity contribution in [2.45, 2.75) is 45.5 Å². The molecule has 1 aromatic heterocycles. The SMILES string of the molecule is CC(C)Cc1sc(N)nc1C1=CCC(F)(F)CC1. The van der Waals surface area contributed by atoms with Crippen molar-refractivity contribution in [1.29, 1.82) is 0 Å². The Morgan fingerprint density at radius 1 is 1.50 bits per heavy atom. The van der Waals surface area contributed by atoms with E-state index < -0.39 is 5.92 Å². The maximum Gasteiger partial charge on any atom is 0.251 e. The third kappa shape index (κ3) is 3.07. The van der Waals surface area contributed by atoms with Crippen LogP contribution in [-0.4, -0.2) is 10.9 Å². The lowest BCUT2D eigenvalue weighted by atomic mass is 9.93. The summed E-state index contributed by atoms with van der Waals surface area (Å²) >= 11 is 1.47. The zero-order valence-corrected chi connectivity index (χ0v) is 11.5. The van der Waals surface area contributed by atoms with E-state index in [-0.39, 0.29) is 12.8 Å². The van der Waals surface area contributed by atoms with E-state index in [4.69, 9.17) is 5.73 Å². The molecular formula is C13H18F2N2S. The van der Waals surface area contributed by atoms with Crippen LogP contribution in [0.5, 0.6) is 0 Å². The highest BCUT2D eigenvalue weighted by Crippen LogP contribution is 2.38. The maximum atomic E-state index is 13.1. The van der Waals surface area contributed by atoms with Gasteiger partial charge in [0.05, 0.1) is 5.69 Å². The van der Waals surface area contributed by atoms with Gasteiger partial charge in [-0.3, -0.25) is 0 Å². The molecule has 2 nitrogen and oxygen atoms in total. The van der Waals surface area contributed by atoms with E-state index in [1.807, 2.05) is 0 Å². The van der Waals surface area contributed by atoms with Crippen LogP contribution in [0.1, 0.15) is 43.7 Å². The standard InChI is InChI=1S/C13H18F2N2S/c1-8(2)7-10-11(17-12(16)18-10)9-3-5-13(14,15)6-4-9/h3,8H,4-7H2,1-2H3,(H2,16,17). The van der Waals surface area contributed by atoms with Crippen LogP contribution in [0.15, 0.2) is 6.08 Å². The van der Waals surface area contributed by atoms with Gasteiger partial charge in [0.15, 0.2) is 5.13 Å². The van der Waals surface area contributed by atoms with Crippen molar-refractivity contribution in [3.05, 3.63) is 16.6 Å². The average molecular weight is 272 g/mol. The molecule has 5 heteroatoms. The Hall–Kier alpha value is -0.970. The molecule has 1 aliphatic rings. The van der Waals surface area contributed by atoms with E-state index in [0.29, 0.717) is 17.5 Å². The zero-order chi connectivity index (χ0) is 13.3. The van der Waals surface area contributed by atoms with Crippen molar-refractivity contribution < 1.29 is 8.78 Å². The number of aromatic nitrogens is 1. The number of thiazole rings is 1. The van der Waals surface area contributed by atoms with Crippen LogP contribution < -0.4 is 5.73 Å². The van der Waals surface area contributed by atoms with Gasteiger partial charge in [-0.25, -0.2) is 13.8 Å². The van der Waals surface area contributed by atoms with Crippen LogP contribution in [-0.2, 0) is 6.42 Å². The summed E-state index contributed by atoms with van der Waals surface area (Å²) < 4.78 is 26.2. The van der Waals surface area contributed by atoms with Crippen LogP contribution in [0.4, 0.5) is 13.9 Å². The summed E-state index contributed by atoms with van der Waals surface area (Å²) in [6, 6.07) is 0. The van der Waals surface area contributed by atoms with Crippen LogP contribution in [0.25, 0.3) is 5.57 Å². The summed E-state index contributed by atoms with van der Waals surface area (Å²) in [5, 5.41) is 0.527. The Bertz CT molecular complexity index is 464. The van der Waals surface area contributed by atoms with E-state index in [9.17, 15) is 8.78 Å². The molecule has 0 unspecified atom stereocenters. The van der Waals surface area contributed by atoms with E-state index in [1.165, 1.54) is 11.3 Å². The number of nitrogens with two attached hydrogens (primary N) is 1. The number of anilines is 1. The number of rotatable bonds is 3. The molecule has 2 N–H and O–H groups in total. The molecule has 1 aliphatic carbocycles. The molecule has 0 saturated heterocycles. The van der Waals surface area contributed by atoms with Gasteiger partial charge < -0.3 is 5.73 Å². The molecule has 0 saturated carbocycles.